The fourth-order valence-corrected chi connectivity index (χ4v) is 2.79. The lowest BCUT2D eigenvalue weighted by Gasteiger charge is -2.30. The van der Waals surface area contributed by atoms with Crippen molar-refractivity contribution >= 4 is 23.6 Å². The van der Waals surface area contributed by atoms with Crippen LogP contribution < -0.4 is 15.4 Å². The molecule has 1 aliphatic heterocycles. The maximum Gasteiger partial charge on any atom is 0.325 e. The number of likely N-dealkylation sites (tertiary alicyclic amines) is 1. The average Bonchev–Trinajstić information content (AvgIpc) is 2.63. The standard InChI is InChI=1S/C18H25N3O5/c1-3-26-17(23)13-8-10-21(11-9-13)12-16(22)20-18(24)19-14-4-6-15(25-2)7-5-14/h4-7,13H,3,8-12H2,1-2H3,(H2,19,20,22,24). The fraction of sp³-hybridized carbons (Fsp3) is 0.500. The van der Waals surface area contributed by atoms with Gasteiger partial charge in [-0.1, -0.05) is 0 Å². The molecule has 2 rings (SSSR count). The number of nitrogens with zero attached hydrogens (tertiary/aromatic N) is 1. The van der Waals surface area contributed by atoms with E-state index in [9.17, 15) is 14.4 Å². The number of nitrogens with one attached hydrogen (secondary N) is 2. The summed E-state index contributed by atoms with van der Waals surface area (Å²) in [6.07, 6.45) is 1.31. The summed E-state index contributed by atoms with van der Waals surface area (Å²) in [5.74, 6) is 0.0203. The first-order chi connectivity index (χ1) is 12.5. The molecule has 0 bridgehead atoms. The van der Waals surface area contributed by atoms with E-state index in [1.54, 1.807) is 38.3 Å². The minimum absolute atomic E-state index is 0.104. The number of piperidine rings is 1. The summed E-state index contributed by atoms with van der Waals surface area (Å²) in [5, 5.41) is 4.90. The summed E-state index contributed by atoms with van der Waals surface area (Å²) >= 11 is 0. The van der Waals surface area contributed by atoms with Gasteiger partial charge in [-0.2, -0.15) is 0 Å². The first-order valence-electron chi connectivity index (χ1n) is 8.65. The highest BCUT2D eigenvalue weighted by Crippen LogP contribution is 2.18. The third-order valence-electron chi connectivity index (χ3n) is 4.18. The molecule has 142 valence electrons. The van der Waals surface area contributed by atoms with Crippen LogP contribution in [0.2, 0.25) is 0 Å². The molecule has 1 heterocycles. The Hall–Kier alpha value is -2.61. The van der Waals surface area contributed by atoms with Crippen molar-refractivity contribution in [1.29, 1.82) is 0 Å². The zero-order chi connectivity index (χ0) is 18.9. The lowest BCUT2D eigenvalue weighted by Crippen LogP contribution is -2.45. The maximum absolute atomic E-state index is 12.0. The Bertz CT molecular complexity index is 624. The Morgan fingerprint density at radius 3 is 2.38 bits per heavy atom. The predicted molar refractivity (Wildman–Crippen MR) is 96.0 cm³/mol. The zero-order valence-corrected chi connectivity index (χ0v) is 15.1. The van der Waals surface area contributed by atoms with E-state index in [0.29, 0.717) is 44.0 Å². The molecule has 1 aromatic rings. The maximum atomic E-state index is 12.0. The van der Waals surface area contributed by atoms with Gasteiger partial charge in [-0.15, -0.1) is 0 Å². The van der Waals surface area contributed by atoms with E-state index in [0.717, 1.165) is 0 Å². The van der Waals surface area contributed by atoms with Gasteiger partial charge in [0.1, 0.15) is 5.75 Å². The van der Waals surface area contributed by atoms with Gasteiger partial charge >= 0.3 is 12.0 Å². The van der Waals surface area contributed by atoms with E-state index in [1.165, 1.54) is 0 Å². The first-order valence-corrected chi connectivity index (χ1v) is 8.65. The molecule has 0 aliphatic carbocycles. The monoisotopic (exact) mass is 363 g/mol. The third-order valence-corrected chi connectivity index (χ3v) is 4.18. The number of hydrogen-bond acceptors (Lipinski definition) is 6. The smallest absolute Gasteiger partial charge is 0.325 e. The van der Waals surface area contributed by atoms with Crippen molar-refractivity contribution in [2.24, 2.45) is 5.92 Å². The van der Waals surface area contributed by atoms with Crippen molar-refractivity contribution in [3.05, 3.63) is 24.3 Å². The quantitative estimate of drug-likeness (QED) is 0.746. The lowest BCUT2D eigenvalue weighted by molar-refractivity contribution is -0.149. The number of urea groups is 1. The van der Waals surface area contributed by atoms with Gasteiger partial charge in [0, 0.05) is 5.69 Å². The molecule has 0 aromatic heterocycles. The molecule has 8 nitrogen and oxygen atoms in total. The number of imide groups is 1. The number of benzene rings is 1. The number of amides is 3. The number of hydrogen-bond donors (Lipinski definition) is 2. The summed E-state index contributed by atoms with van der Waals surface area (Å²) < 4.78 is 10.1. The van der Waals surface area contributed by atoms with Crippen LogP contribution in [0, 0.1) is 5.92 Å². The number of carbonyl (C=O) groups is 3. The highest BCUT2D eigenvalue weighted by atomic mass is 16.5. The molecule has 0 atom stereocenters. The molecule has 26 heavy (non-hydrogen) atoms. The highest BCUT2D eigenvalue weighted by Gasteiger charge is 2.27. The number of rotatable bonds is 6. The molecule has 0 spiro atoms. The highest BCUT2D eigenvalue weighted by molar-refractivity contribution is 6.01. The second-order valence-electron chi connectivity index (χ2n) is 6.03. The summed E-state index contributed by atoms with van der Waals surface area (Å²) in [7, 11) is 1.56. The van der Waals surface area contributed by atoms with Crippen LogP contribution in [0.15, 0.2) is 24.3 Å². The number of carbonyl (C=O) groups excluding carboxylic acids is 3. The van der Waals surface area contributed by atoms with Crippen molar-refractivity contribution in [2.75, 3.05) is 38.7 Å². The van der Waals surface area contributed by atoms with E-state index < -0.39 is 6.03 Å². The van der Waals surface area contributed by atoms with Crippen molar-refractivity contribution in [2.45, 2.75) is 19.8 Å². The van der Waals surface area contributed by atoms with Gasteiger partial charge in [0.2, 0.25) is 5.91 Å². The molecular weight excluding hydrogens is 338 g/mol. The van der Waals surface area contributed by atoms with Crippen molar-refractivity contribution in [3.63, 3.8) is 0 Å². The van der Waals surface area contributed by atoms with Gasteiger partial charge in [0.15, 0.2) is 0 Å². The van der Waals surface area contributed by atoms with Crippen LogP contribution in [0.1, 0.15) is 19.8 Å². The fourth-order valence-electron chi connectivity index (χ4n) is 2.79. The summed E-state index contributed by atoms with van der Waals surface area (Å²) in [5.41, 5.74) is 0.561. The Balaban J connectivity index is 1.71. The Morgan fingerprint density at radius 2 is 1.81 bits per heavy atom. The van der Waals surface area contributed by atoms with Crippen LogP contribution in [0.5, 0.6) is 5.75 Å². The van der Waals surface area contributed by atoms with Crippen molar-refractivity contribution in [1.82, 2.24) is 10.2 Å². The van der Waals surface area contributed by atoms with Crippen LogP contribution >= 0.6 is 0 Å². The van der Waals surface area contributed by atoms with Gasteiger partial charge in [-0.3, -0.25) is 19.8 Å². The first kappa shape index (κ1) is 19.7. The van der Waals surface area contributed by atoms with Gasteiger partial charge < -0.3 is 14.8 Å². The summed E-state index contributed by atoms with van der Waals surface area (Å²) in [4.78, 5) is 37.5. The number of methoxy groups -OCH3 is 1. The van der Waals surface area contributed by atoms with E-state index >= 15 is 0 Å². The zero-order valence-electron chi connectivity index (χ0n) is 15.1. The minimum atomic E-state index is -0.582. The van der Waals surface area contributed by atoms with E-state index in [1.807, 2.05) is 4.90 Å². The van der Waals surface area contributed by atoms with Crippen LogP contribution in [-0.4, -0.2) is 56.2 Å². The number of esters is 1. The van der Waals surface area contributed by atoms with Crippen LogP contribution in [-0.2, 0) is 14.3 Å². The second-order valence-corrected chi connectivity index (χ2v) is 6.03. The SMILES string of the molecule is CCOC(=O)C1CCN(CC(=O)NC(=O)Nc2ccc(OC)cc2)CC1. The lowest BCUT2D eigenvalue weighted by atomic mass is 9.97. The summed E-state index contributed by atoms with van der Waals surface area (Å²) in [6.45, 7) is 3.53. The van der Waals surface area contributed by atoms with Gasteiger partial charge in [0.25, 0.3) is 0 Å². The Labute approximate surface area is 152 Å². The molecule has 1 saturated heterocycles. The van der Waals surface area contributed by atoms with E-state index in [2.05, 4.69) is 10.6 Å². The van der Waals surface area contributed by atoms with Gasteiger partial charge in [0.05, 0.1) is 26.2 Å². The molecule has 8 heteroatoms. The molecule has 0 unspecified atom stereocenters. The predicted octanol–water partition coefficient (Wildman–Crippen LogP) is 1.62. The Kier molecular flexibility index (Phi) is 7.40. The molecule has 0 saturated carbocycles. The molecule has 2 N–H and O–H groups in total. The van der Waals surface area contributed by atoms with E-state index in [4.69, 9.17) is 9.47 Å². The van der Waals surface area contributed by atoms with Crippen molar-refractivity contribution in [3.8, 4) is 5.75 Å². The topological polar surface area (TPSA) is 97.0 Å². The molecular formula is C18H25N3O5. The Morgan fingerprint density at radius 1 is 1.15 bits per heavy atom. The number of ether oxygens (including phenoxy) is 2. The molecule has 3 amide bonds. The van der Waals surface area contributed by atoms with Crippen LogP contribution in [0.25, 0.3) is 0 Å². The third kappa shape index (κ3) is 6.03. The number of anilines is 1. The van der Waals surface area contributed by atoms with Gasteiger partial charge in [-0.25, -0.2) is 4.79 Å². The molecule has 0 radical (unpaired) electrons. The summed E-state index contributed by atoms with van der Waals surface area (Å²) in [6, 6.07) is 6.21. The second kappa shape index (κ2) is 9.76. The van der Waals surface area contributed by atoms with Crippen LogP contribution in [0.4, 0.5) is 10.5 Å². The van der Waals surface area contributed by atoms with Crippen LogP contribution in [0.3, 0.4) is 0 Å². The molecule has 1 aromatic carbocycles. The van der Waals surface area contributed by atoms with E-state index in [-0.39, 0.29) is 24.3 Å². The largest absolute Gasteiger partial charge is 0.497 e. The minimum Gasteiger partial charge on any atom is -0.497 e. The average molecular weight is 363 g/mol. The van der Waals surface area contributed by atoms with Crippen molar-refractivity contribution < 1.29 is 23.9 Å². The molecule has 1 fully saturated rings. The molecule has 1 aliphatic rings. The normalized spacial score (nSPS) is 15.2. The van der Waals surface area contributed by atoms with Gasteiger partial charge in [-0.05, 0) is 57.1 Å².